The number of carboxylic acid groups (broad SMARTS) is 1. The number of halogens is 1. The molecule has 1 fully saturated rings. The predicted molar refractivity (Wildman–Crippen MR) is 138 cm³/mol. The molecular weight excluding hydrogens is 487 g/mol. The van der Waals surface area contributed by atoms with Gasteiger partial charge >= 0.3 is 6.09 Å². The number of nitrogens with zero attached hydrogens (tertiary/aromatic N) is 5. The molecule has 5 rings (SSSR count). The zero-order valence-electron chi connectivity index (χ0n) is 21.4. The lowest BCUT2D eigenvalue weighted by atomic mass is 9.99. The molecule has 0 saturated heterocycles. The van der Waals surface area contributed by atoms with Crippen LogP contribution >= 0.6 is 0 Å². The second-order valence-electron chi connectivity index (χ2n) is 9.76. The largest absolute Gasteiger partial charge is 0.463 e. The zero-order chi connectivity index (χ0) is 27.0. The van der Waals surface area contributed by atoms with Crippen molar-refractivity contribution in [3.05, 3.63) is 101 Å². The van der Waals surface area contributed by atoms with E-state index in [1.807, 2.05) is 29.8 Å². The van der Waals surface area contributed by atoms with E-state index < -0.39 is 6.09 Å². The minimum absolute atomic E-state index is 0.214. The van der Waals surface area contributed by atoms with Crippen molar-refractivity contribution in [1.82, 2.24) is 24.0 Å². The highest BCUT2D eigenvalue weighted by molar-refractivity contribution is 5.95. The summed E-state index contributed by atoms with van der Waals surface area (Å²) in [5, 5.41) is 12.4. The maximum Gasteiger partial charge on any atom is 0.434 e. The summed E-state index contributed by atoms with van der Waals surface area (Å²) in [6.07, 6.45) is 7.71. The first-order chi connectivity index (χ1) is 18.2. The van der Waals surface area contributed by atoms with Crippen LogP contribution in [0.5, 0.6) is 0 Å². The summed E-state index contributed by atoms with van der Waals surface area (Å²) in [7, 11) is 1.72. The van der Waals surface area contributed by atoms with Crippen molar-refractivity contribution in [2.24, 2.45) is 18.0 Å². The van der Waals surface area contributed by atoms with Crippen LogP contribution < -0.4 is 10.9 Å². The molecule has 2 N–H and O–H groups in total. The molecule has 9 nitrogen and oxygen atoms in total. The molecule has 38 heavy (non-hydrogen) atoms. The third-order valence-corrected chi connectivity index (χ3v) is 6.86. The lowest BCUT2D eigenvalue weighted by molar-refractivity contribution is 0.0931. The van der Waals surface area contributed by atoms with Gasteiger partial charge in [0.2, 0.25) is 5.62 Å². The van der Waals surface area contributed by atoms with E-state index in [-0.39, 0.29) is 23.4 Å². The molecule has 1 unspecified atom stereocenters. The van der Waals surface area contributed by atoms with E-state index in [0.29, 0.717) is 23.6 Å². The van der Waals surface area contributed by atoms with Gasteiger partial charge in [-0.05, 0) is 73.6 Å². The van der Waals surface area contributed by atoms with Gasteiger partial charge in [-0.3, -0.25) is 4.79 Å². The number of hydrogen-bond donors (Lipinski definition) is 2. The molecule has 1 atom stereocenters. The highest BCUT2D eigenvalue weighted by atomic mass is 19.1. The van der Waals surface area contributed by atoms with Crippen molar-refractivity contribution >= 4 is 12.0 Å². The van der Waals surface area contributed by atoms with Gasteiger partial charge in [-0.15, -0.1) is 4.99 Å². The summed E-state index contributed by atoms with van der Waals surface area (Å²) in [5.41, 5.74) is 3.72. The monoisotopic (exact) mass is 516 g/mol. The van der Waals surface area contributed by atoms with Crippen molar-refractivity contribution in [1.29, 1.82) is 0 Å². The standard InChI is InChI=1S/C28H29FN6O3/c1-17-12-21(6-7-24(17)29)25(20-4-5-20)31-26(36)22-13-19(14-23(15-22)35-9-8-30-18(35)2)16-34-11-10-33(3)27(34)32-28(37)38/h6-15,20,25H,4-5,16H2,1-3H3,(H,31,36)(H,37,38)/b32-27+. The van der Waals surface area contributed by atoms with Gasteiger partial charge in [0.1, 0.15) is 11.6 Å². The Kier molecular flexibility index (Phi) is 6.71. The fourth-order valence-corrected chi connectivity index (χ4v) is 4.74. The Morgan fingerprint density at radius 2 is 1.95 bits per heavy atom. The lowest BCUT2D eigenvalue weighted by Gasteiger charge is -2.20. The van der Waals surface area contributed by atoms with Gasteiger partial charge in [-0.25, -0.2) is 14.2 Å². The average molecular weight is 517 g/mol. The summed E-state index contributed by atoms with van der Waals surface area (Å²) in [4.78, 5) is 32.9. The summed E-state index contributed by atoms with van der Waals surface area (Å²) in [6.45, 7) is 3.90. The van der Waals surface area contributed by atoms with Gasteiger partial charge in [-0.1, -0.05) is 12.1 Å². The molecule has 0 aliphatic heterocycles. The van der Waals surface area contributed by atoms with Crippen molar-refractivity contribution < 1.29 is 19.1 Å². The Morgan fingerprint density at radius 1 is 1.16 bits per heavy atom. The number of benzene rings is 2. The predicted octanol–water partition coefficient (Wildman–Crippen LogP) is 4.28. The van der Waals surface area contributed by atoms with Gasteiger partial charge in [-0.2, -0.15) is 0 Å². The van der Waals surface area contributed by atoms with Gasteiger partial charge < -0.3 is 24.1 Å². The maximum absolute atomic E-state index is 13.9. The molecule has 10 heteroatoms. The topological polar surface area (TPSA) is 106 Å². The molecule has 1 saturated carbocycles. The van der Waals surface area contributed by atoms with Crippen LogP contribution in [0.25, 0.3) is 5.69 Å². The number of carbonyl (C=O) groups excluding carboxylic acids is 1. The van der Waals surface area contributed by atoms with Crippen LogP contribution in [0.3, 0.4) is 0 Å². The number of carbonyl (C=O) groups is 2. The quantitative estimate of drug-likeness (QED) is 0.382. The zero-order valence-corrected chi connectivity index (χ0v) is 21.4. The summed E-state index contributed by atoms with van der Waals surface area (Å²) < 4.78 is 19.1. The Hall–Kier alpha value is -4.47. The van der Waals surface area contributed by atoms with Gasteiger partial charge in [0.25, 0.3) is 5.91 Å². The van der Waals surface area contributed by atoms with Gasteiger partial charge in [0, 0.05) is 43.1 Å². The first kappa shape index (κ1) is 25.2. The van der Waals surface area contributed by atoms with Crippen LogP contribution in [-0.2, 0) is 13.6 Å². The van der Waals surface area contributed by atoms with Crippen LogP contribution in [0, 0.1) is 25.6 Å². The lowest BCUT2D eigenvalue weighted by Crippen LogP contribution is -2.30. The number of hydrogen-bond acceptors (Lipinski definition) is 3. The van der Waals surface area contributed by atoms with Crippen LogP contribution in [0.4, 0.5) is 9.18 Å². The Labute approximate surface area is 218 Å². The fourth-order valence-electron chi connectivity index (χ4n) is 4.74. The number of amides is 2. The molecule has 0 spiro atoms. The fraction of sp³-hybridized carbons (Fsp3) is 0.286. The van der Waals surface area contributed by atoms with E-state index in [1.165, 1.54) is 6.07 Å². The molecule has 1 aliphatic rings. The second-order valence-corrected chi connectivity index (χ2v) is 9.76. The average Bonchev–Trinajstić information content (AvgIpc) is 3.55. The molecule has 0 bridgehead atoms. The number of nitrogens with one attached hydrogen (secondary N) is 1. The van der Waals surface area contributed by atoms with E-state index >= 15 is 0 Å². The van der Waals surface area contributed by atoms with Gasteiger partial charge in [0.15, 0.2) is 0 Å². The molecule has 0 radical (unpaired) electrons. The second kappa shape index (κ2) is 10.1. The SMILES string of the molecule is Cc1cc(C(NC(=O)c2cc(Cn3ccn(C)/c3=N\C(=O)O)cc(-n3ccnc3C)c2)C2CC2)ccc1F. The Balaban J connectivity index is 1.52. The summed E-state index contributed by atoms with van der Waals surface area (Å²) >= 11 is 0. The Morgan fingerprint density at radius 3 is 2.61 bits per heavy atom. The summed E-state index contributed by atoms with van der Waals surface area (Å²) in [6, 6.07) is 10.3. The first-order valence-corrected chi connectivity index (χ1v) is 12.4. The summed E-state index contributed by atoms with van der Waals surface area (Å²) in [5.74, 6) is 0.566. The van der Waals surface area contributed by atoms with E-state index in [1.54, 1.807) is 59.9 Å². The maximum atomic E-state index is 13.9. The molecule has 2 heterocycles. The minimum atomic E-state index is -1.29. The van der Waals surface area contributed by atoms with E-state index in [9.17, 15) is 19.1 Å². The third-order valence-electron chi connectivity index (χ3n) is 6.86. The van der Waals surface area contributed by atoms with Gasteiger partial charge in [0.05, 0.1) is 12.6 Å². The molecule has 2 aromatic heterocycles. The number of aromatic nitrogens is 4. The third kappa shape index (κ3) is 5.29. The normalized spacial score (nSPS) is 14.5. The molecule has 1 aliphatic carbocycles. The molecule has 196 valence electrons. The van der Waals surface area contributed by atoms with Crippen LogP contribution in [0.15, 0.2) is 66.2 Å². The minimum Gasteiger partial charge on any atom is -0.463 e. The smallest absolute Gasteiger partial charge is 0.434 e. The van der Waals surface area contributed by atoms with Crippen molar-refractivity contribution in [2.75, 3.05) is 0 Å². The van der Waals surface area contributed by atoms with Crippen LogP contribution in [-0.4, -0.2) is 35.8 Å². The highest BCUT2D eigenvalue weighted by Crippen LogP contribution is 2.41. The number of rotatable bonds is 7. The Bertz CT molecular complexity index is 1590. The van der Waals surface area contributed by atoms with Crippen LogP contribution in [0.1, 0.15) is 51.8 Å². The number of imidazole rings is 2. The molecule has 2 aromatic carbocycles. The van der Waals surface area contributed by atoms with E-state index in [4.69, 9.17) is 0 Å². The van der Waals surface area contributed by atoms with E-state index in [0.717, 1.165) is 35.5 Å². The van der Waals surface area contributed by atoms with Crippen LogP contribution in [0.2, 0.25) is 0 Å². The molecule has 4 aromatic rings. The van der Waals surface area contributed by atoms with Crippen molar-refractivity contribution in [3.8, 4) is 5.69 Å². The first-order valence-electron chi connectivity index (χ1n) is 12.4. The van der Waals surface area contributed by atoms with E-state index in [2.05, 4.69) is 15.3 Å². The van der Waals surface area contributed by atoms with Crippen molar-refractivity contribution in [2.45, 2.75) is 39.3 Å². The highest BCUT2D eigenvalue weighted by Gasteiger charge is 2.34. The molecular formula is C28H29FN6O3. The molecule has 2 amide bonds. The number of aryl methyl sites for hydroxylation is 3. The van der Waals surface area contributed by atoms with Crippen molar-refractivity contribution in [3.63, 3.8) is 0 Å².